The van der Waals surface area contributed by atoms with Gasteiger partial charge in [0.1, 0.15) is 5.82 Å². The fraction of sp³-hybridized carbons (Fsp3) is 0.273. The van der Waals surface area contributed by atoms with Crippen molar-refractivity contribution in [2.75, 3.05) is 6.61 Å². The fourth-order valence-corrected chi connectivity index (χ4v) is 1.68. The molecule has 0 saturated heterocycles. The average Bonchev–Trinajstić information content (AvgIpc) is 2.72. The van der Waals surface area contributed by atoms with Gasteiger partial charge >= 0.3 is 0 Å². The van der Waals surface area contributed by atoms with Gasteiger partial charge in [0.05, 0.1) is 12.2 Å². The van der Waals surface area contributed by atoms with E-state index in [4.69, 9.17) is 16.7 Å². The summed E-state index contributed by atoms with van der Waals surface area (Å²) >= 11 is 5.79. The van der Waals surface area contributed by atoms with E-state index in [1.807, 2.05) is 0 Å². The molecule has 0 unspecified atom stereocenters. The molecule has 0 atom stereocenters. The van der Waals surface area contributed by atoms with Gasteiger partial charge in [-0.1, -0.05) is 16.8 Å². The molecule has 0 radical (unpaired) electrons. The van der Waals surface area contributed by atoms with Gasteiger partial charge in [-0.05, 0) is 18.2 Å². The summed E-state index contributed by atoms with van der Waals surface area (Å²) < 4.78 is 15.0. The van der Waals surface area contributed by atoms with E-state index in [1.54, 1.807) is 12.3 Å². The highest BCUT2D eigenvalue weighted by Crippen LogP contribution is 2.15. The molecule has 2 aromatic rings. The highest BCUT2D eigenvalue weighted by molar-refractivity contribution is 6.30. The molecule has 90 valence electrons. The molecule has 0 aliphatic carbocycles. The molecule has 0 saturated carbocycles. The first kappa shape index (κ1) is 12.0. The lowest BCUT2D eigenvalue weighted by Crippen LogP contribution is -2.02. The number of rotatable bonds is 4. The van der Waals surface area contributed by atoms with Gasteiger partial charge < -0.3 is 5.11 Å². The van der Waals surface area contributed by atoms with Crippen molar-refractivity contribution in [1.29, 1.82) is 0 Å². The van der Waals surface area contributed by atoms with E-state index in [0.29, 0.717) is 22.7 Å². The zero-order valence-corrected chi connectivity index (χ0v) is 9.73. The van der Waals surface area contributed by atoms with Crippen molar-refractivity contribution in [2.45, 2.75) is 13.0 Å². The van der Waals surface area contributed by atoms with Gasteiger partial charge in [-0.3, -0.25) is 0 Å². The average molecular weight is 256 g/mol. The van der Waals surface area contributed by atoms with Crippen LogP contribution in [0.25, 0.3) is 0 Å². The van der Waals surface area contributed by atoms with E-state index < -0.39 is 0 Å². The summed E-state index contributed by atoms with van der Waals surface area (Å²) in [6.45, 7) is 0.287. The number of halogens is 2. The van der Waals surface area contributed by atoms with Crippen LogP contribution in [-0.4, -0.2) is 26.7 Å². The number of hydrogen-bond acceptors (Lipinski definition) is 3. The molecule has 0 amide bonds. The van der Waals surface area contributed by atoms with E-state index in [2.05, 4.69) is 10.3 Å². The fourth-order valence-electron chi connectivity index (χ4n) is 1.48. The Labute approximate surface area is 103 Å². The van der Waals surface area contributed by atoms with Crippen LogP contribution in [0.3, 0.4) is 0 Å². The summed E-state index contributed by atoms with van der Waals surface area (Å²) in [7, 11) is 0. The van der Waals surface area contributed by atoms with Crippen molar-refractivity contribution >= 4 is 11.6 Å². The Hall–Kier alpha value is -1.46. The maximum absolute atomic E-state index is 13.4. The SMILES string of the molecule is OCCc1cn(Cc2cc(Cl)ccc2F)nn1. The molecule has 17 heavy (non-hydrogen) atoms. The maximum Gasteiger partial charge on any atom is 0.128 e. The van der Waals surface area contributed by atoms with E-state index in [1.165, 1.54) is 16.8 Å². The van der Waals surface area contributed by atoms with E-state index >= 15 is 0 Å². The number of benzene rings is 1. The summed E-state index contributed by atoms with van der Waals surface area (Å²) in [6, 6.07) is 4.38. The highest BCUT2D eigenvalue weighted by Gasteiger charge is 2.06. The van der Waals surface area contributed by atoms with E-state index in [0.717, 1.165) is 0 Å². The van der Waals surface area contributed by atoms with Gasteiger partial charge in [-0.15, -0.1) is 5.10 Å². The zero-order valence-electron chi connectivity index (χ0n) is 8.98. The Morgan fingerprint density at radius 2 is 2.24 bits per heavy atom. The summed E-state index contributed by atoms with van der Waals surface area (Å²) in [5, 5.41) is 16.9. The number of aromatic nitrogens is 3. The van der Waals surface area contributed by atoms with Gasteiger partial charge in [0.15, 0.2) is 0 Å². The standard InChI is InChI=1S/C11H11ClFN3O/c12-9-1-2-11(13)8(5-9)6-16-7-10(3-4-17)14-15-16/h1-2,5,7,17H,3-4,6H2. The van der Waals surface area contributed by atoms with E-state index in [-0.39, 0.29) is 19.0 Å². The summed E-state index contributed by atoms with van der Waals surface area (Å²) in [4.78, 5) is 0. The molecule has 4 nitrogen and oxygen atoms in total. The third-order valence-electron chi connectivity index (χ3n) is 2.29. The molecule has 0 aliphatic rings. The van der Waals surface area contributed by atoms with Crippen LogP contribution >= 0.6 is 11.6 Å². The monoisotopic (exact) mass is 255 g/mol. The number of aliphatic hydroxyl groups excluding tert-OH is 1. The number of aliphatic hydroxyl groups is 1. The number of hydrogen-bond donors (Lipinski definition) is 1. The maximum atomic E-state index is 13.4. The zero-order chi connectivity index (χ0) is 12.3. The van der Waals surface area contributed by atoms with Crippen LogP contribution in [0.1, 0.15) is 11.3 Å². The Balaban J connectivity index is 2.16. The van der Waals surface area contributed by atoms with Gasteiger partial charge in [0, 0.05) is 29.8 Å². The minimum absolute atomic E-state index is 0.0181. The summed E-state index contributed by atoms with van der Waals surface area (Å²) in [5.41, 5.74) is 1.13. The molecular formula is C11H11ClFN3O. The third kappa shape index (κ3) is 3.01. The lowest BCUT2D eigenvalue weighted by molar-refractivity contribution is 0.298. The topological polar surface area (TPSA) is 50.9 Å². The lowest BCUT2D eigenvalue weighted by Gasteiger charge is -2.03. The van der Waals surface area contributed by atoms with Gasteiger partial charge in [-0.2, -0.15) is 0 Å². The molecule has 1 aromatic carbocycles. The molecule has 0 aliphatic heterocycles. The summed E-state index contributed by atoms with van der Waals surface area (Å²) in [5.74, 6) is -0.325. The molecule has 0 spiro atoms. The Kier molecular flexibility index (Phi) is 3.71. The van der Waals surface area contributed by atoms with Crippen LogP contribution in [0.5, 0.6) is 0 Å². The smallest absolute Gasteiger partial charge is 0.128 e. The second-order valence-electron chi connectivity index (χ2n) is 3.62. The predicted octanol–water partition coefficient (Wildman–Crippen LogP) is 1.65. The molecule has 2 rings (SSSR count). The largest absolute Gasteiger partial charge is 0.396 e. The Morgan fingerprint density at radius 3 is 3.00 bits per heavy atom. The van der Waals surface area contributed by atoms with Crippen molar-refractivity contribution in [3.8, 4) is 0 Å². The second kappa shape index (κ2) is 5.25. The Bertz CT molecular complexity index is 515. The molecule has 1 heterocycles. The third-order valence-corrected chi connectivity index (χ3v) is 2.53. The quantitative estimate of drug-likeness (QED) is 0.904. The first-order valence-electron chi connectivity index (χ1n) is 5.13. The van der Waals surface area contributed by atoms with Crippen molar-refractivity contribution in [2.24, 2.45) is 0 Å². The second-order valence-corrected chi connectivity index (χ2v) is 4.05. The molecule has 0 fully saturated rings. The number of nitrogens with zero attached hydrogens (tertiary/aromatic N) is 3. The molecule has 0 bridgehead atoms. The molecule has 1 aromatic heterocycles. The molecular weight excluding hydrogens is 245 g/mol. The first-order chi connectivity index (χ1) is 8.19. The van der Waals surface area contributed by atoms with Crippen LogP contribution in [-0.2, 0) is 13.0 Å². The van der Waals surface area contributed by atoms with Crippen LogP contribution in [0.2, 0.25) is 5.02 Å². The molecule has 6 heteroatoms. The Morgan fingerprint density at radius 1 is 1.41 bits per heavy atom. The van der Waals surface area contributed by atoms with E-state index in [9.17, 15) is 4.39 Å². The highest BCUT2D eigenvalue weighted by atomic mass is 35.5. The minimum Gasteiger partial charge on any atom is -0.396 e. The van der Waals surface area contributed by atoms with Gasteiger partial charge in [-0.25, -0.2) is 9.07 Å². The van der Waals surface area contributed by atoms with Gasteiger partial charge in [0.2, 0.25) is 0 Å². The van der Waals surface area contributed by atoms with Gasteiger partial charge in [0.25, 0.3) is 0 Å². The van der Waals surface area contributed by atoms with Crippen molar-refractivity contribution < 1.29 is 9.50 Å². The van der Waals surface area contributed by atoms with Crippen molar-refractivity contribution in [1.82, 2.24) is 15.0 Å². The molecule has 1 N–H and O–H groups in total. The van der Waals surface area contributed by atoms with Crippen LogP contribution in [0, 0.1) is 5.82 Å². The van der Waals surface area contributed by atoms with Crippen LogP contribution in [0.15, 0.2) is 24.4 Å². The van der Waals surface area contributed by atoms with Crippen LogP contribution in [0.4, 0.5) is 4.39 Å². The summed E-state index contributed by atoms with van der Waals surface area (Å²) in [6.07, 6.45) is 2.12. The first-order valence-corrected chi connectivity index (χ1v) is 5.50. The predicted molar refractivity (Wildman–Crippen MR) is 61.3 cm³/mol. The normalized spacial score (nSPS) is 10.8. The van der Waals surface area contributed by atoms with Crippen LogP contribution < -0.4 is 0 Å². The lowest BCUT2D eigenvalue weighted by atomic mass is 10.2. The minimum atomic E-state index is -0.325. The van der Waals surface area contributed by atoms with Crippen molar-refractivity contribution in [3.05, 3.63) is 46.5 Å². The van der Waals surface area contributed by atoms with Crippen molar-refractivity contribution in [3.63, 3.8) is 0 Å².